The molecule has 0 amide bonds. The van der Waals surface area contributed by atoms with Crippen molar-refractivity contribution < 1.29 is 10.0 Å². The second kappa shape index (κ2) is 4.93. The molecule has 1 aromatic heterocycles. The van der Waals surface area contributed by atoms with Gasteiger partial charge in [0.15, 0.2) is 0 Å². The number of nitrogens with zero attached hydrogens (tertiary/aromatic N) is 3. The van der Waals surface area contributed by atoms with Crippen molar-refractivity contribution in [3.8, 4) is 0 Å². The van der Waals surface area contributed by atoms with E-state index in [-0.39, 0.29) is 5.69 Å². The number of hydrogen-bond donors (Lipinski definition) is 2. The normalized spacial score (nSPS) is 16.6. The smallest absolute Gasteiger partial charge is 0.333 e. The van der Waals surface area contributed by atoms with Gasteiger partial charge < -0.3 is 10.4 Å². The van der Waals surface area contributed by atoms with Crippen LogP contribution in [0.25, 0.3) is 0 Å². The summed E-state index contributed by atoms with van der Waals surface area (Å²) >= 11 is 0. The maximum atomic E-state index is 11.0. The van der Waals surface area contributed by atoms with Gasteiger partial charge in [0.2, 0.25) is 5.82 Å². The average molecular weight is 254 g/mol. The van der Waals surface area contributed by atoms with Gasteiger partial charge >= 0.3 is 5.69 Å². The van der Waals surface area contributed by atoms with Gasteiger partial charge in [0.05, 0.1) is 11.0 Å². The van der Waals surface area contributed by atoms with E-state index in [2.05, 4.69) is 10.4 Å². The standard InChI is InChI=1S/C11H18N4O3/c1-3-14-11(10(15(17)18)7(2)13-14)12-6-9(16)8-4-5-8/h8-9,12,16H,3-6H2,1-2H3. The molecule has 7 nitrogen and oxygen atoms in total. The van der Waals surface area contributed by atoms with E-state index in [9.17, 15) is 15.2 Å². The number of anilines is 1. The molecule has 0 aromatic carbocycles. The first kappa shape index (κ1) is 12.8. The van der Waals surface area contributed by atoms with E-state index in [1.807, 2.05) is 6.92 Å². The summed E-state index contributed by atoms with van der Waals surface area (Å²) in [6.07, 6.45) is 1.64. The van der Waals surface area contributed by atoms with Crippen molar-refractivity contribution in [2.24, 2.45) is 5.92 Å². The predicted molar refractivity (Wildman–Crippen MR) is 66.5 cm³/mol. The van der Waals surface area contributed by atoms with Crippen LogP contribution < -0.4 is 5.32 Å². The maximum Gasteiger partial charge on any atom is 0.333 e. The van der Waals surface area contributed by atoms with Crippen molar-refractivity contribution >= 4 is 11.5 Å². The molecule has 1 fully saturated rings. The van der Waals surface area contributed by atoms with Crippen LogP contribution >= 0.6 is 0 Å². The maximum absolute atomic E-state index is 11.0. The van der Waals surface area contributed by atoms with Crippen LogP contribution in [0, 0.1) is 23.0 Å². The number of nitrogens with one attached hydrogen (secondary N) is 1. The average Bonchev–Trinajstić information content (AvgIpc) is 3.10. The molecule has 2 N–H and O–H groups in total. The third-order valence-corrected chi connectivity index (χ3v) is 3.22. The number of aliphatic hydroxyl groups excluding tert-OH is 1. The highest BCUT2D eigenvalue weighted by Gasteiger charge is 2.31. The first-order valence-electron chi connectivity index (χ1n) is 6.18. The molecule has 1 unspecified atom stereocenters. The lowest BCUT2D eigenvalue weighted by atomic mass is 10.2. The van der Waals surface area contributed by atoms with Crippen molar-refractivity contribution in [1.82, 2.24) is 9.78 Å². The van der Waals surface area contributed by atoms with Crippen molar-refractivity contribution in [1.29, 1.82) is 0 Å². The molecule has 7 heteroatoms. The third-order valence-electron chi connectivity index (χ3n) is 3.22. The molecule has 1 aromatic rings. The fourth-order valence-corrected chi connectivity index (χ4v) is 2.04. The molecule has 0 spiro atoms. The highest BCUT2D eigenvalue weighted by molar-refractivity contribution is 5.59. The van der Waals surface area contributed by atoms with Crippen LogP contribution in [0.2, 0.25) is 0 Å². The summed E-state index contributed by atoms with van der Waals surface area (Å²) < 4.78 is 1.56. The summed E-state index contributed by atoms with van der Waals surface area (Å²) in [7, 11) is 0. The summed E-state index contributed by atoms with van der Waals surface area (Å²) in [6, 6.07) is 0. The summed E-state index contributed by atoms with van der Waals surface area (Å²) in [6.45, 7) is 4.37. The van der Waals surface area contributed by atoms with E-state index in [1.54, 1.807) is 11.6 Å². The largest absolute Gasteiger partial charge is 0.391 e. The van der Waals surface area contributed by atoms with Crippen LogP contribution in [-0.2, 0) is 6.54 Å². The molecular formula is C11H18N4O3. The van der Waals surface area contributed by atoms with Gasteiger partial charge in [-0.25, -0.2) is 4.68 Å². The molecule has 1 heterocycles. The summed E-state index contributed by atoms with van der Waals surface area (Å²) in [4.78, 5) is 10.6. The molecule has 1 atom stereocenters. The van der Waals surface area contributed by atoms with Gasteiger partial charge in [0, 0.05) is 13.1 Å². The molecule has 18 heavy (non-hydrogen) atoms. The molecule has 2 rings (SSSR count). The van der Waals surface area contributed by atoms with Gasteiger partial charge in [-0.1, -0.05) is 0 Å². The van der Waals surface area contributed by atoms with Gasteiger partial charge in [0.1, 0.15) is 5.69 Å². The monoisotopic (exact) mass is 254 g/mol. The van der Waals surface area contributed by atoms with Crippen LogP contribution in [0.1, 0.15) is 25.5 Å². The quantitative estimate of drug-likeness (QED) is 0.589. The highest BCUT2D eigenvalue weighted by atomic mass is 16.6. The summed E-state index contributed by atoms with van der Waals surface area (Å²) in [5.74, 6) is 0.732. The fourth-order valence-electron chi connectivity index (χ4n) is 2.04. The van der Waals surface area contributed by atoms with Crippen molar-refractivity contribution in [2.75, 3.05) is 11.9 Å². The van der Waals surface area contributed by atoms with E-state index >= 15 is 0 Å². The molecule has 0 saturated heterocycles. The summed E-state index contributed by atoms with van der Waals surface area (Å²) in [5.41, 5.74) is 0.394. The van der Waals surface area contributed by atoms with E-state index in [1.165, 1.54) is 0 Å². The van der Waals surface area contributed by atoms with E-state index in [0.717, 1.165) is 12.8 Å². The Balaban J connectivity index is 2.15. The van der Waals surface area contributed by atoms with Crippen LogP contribution in [0.5, 0.6) is 0 Å². The minimum atomic E-state index is -0.440. The molecule has 1 aliphatic rings. The van der Waals surface area contributed by atoms with Gasteiger partial charge in [-0.15, -0.1) is 0 Å². The van der Waals surface area contributed by atoms with E-state index in [0.29, 0.717) is 30.5 Å². The van der Waals surface area contributed by atoms with Crippen LogP contribution in [-0.4, -0.2) is 32.5 Å². The molecule has 0 aliphatic heterocycles. The van der Waals surface area contributed by atoms with Crippen molar-refractivity contribution in [3.63, 3.8) is 0 Å². The second-order valence-corrected chi connectivity index (χ2v) is 4.64. The third kappa shape index (κ3) is 2.45. The number of aliphatic hydroxyl groups is 1. The second-order valence-electron chi connectivity index (χ2n) is 4.64. The zero-order chi connectivity index (χ0) is 13.3. The Morgan fingerprint density at radius 1 is 1.67 bits per heavy atom. The van der Waals surface area contributed by atoms with Crippen LogP contribution in [0.4, 0.5) is 11.5 Å². The van der Waals surface area contributed by atoms with Crippen LogP contribution in [0.15, 0.2) is 0 Å². The first-order valence-corrected chi connectivity index (χ1v) is 6.18. The van der Waals surface area contributed by atoms with E-state index in [4.69, 9.17) is 0 Å². The molecule has 1 saturated carbocycles. The van der Waals surface area contributed by atoms with Gasteiger partial charge in [-0.2, -0.15) is 5.10 Å². The Hall–Kier alpha value is -1.63. The Kier molecular flexibility index (Phi) is 3.51. The Bertz CT molecular complexity index is 453. The van der Waals surface area contributed by atoms with Gasteiger partial charge in [-0.3, -0.25) is 10.1 Å². The fraction of sp³-hybridized carbons (Fsp3) is 0.727. The highest BCUT2D eigenvalue weighted by Crippen LogP contribution is 2.33. The zero-order valence-corrected chi connectivity index (χ0v) is 10.6. The van der Waals surface area contributed by atoms with Crippen molar-refractivity contribution in [3.05, 3.63) is 15.8 Å². The first-order chi connectivity index (χ1) is 8.54. The van der Waals surface area contributed by atoms with Crippen molar-refractivity contribution in [2.45, 2.75) is 39.3 Å². The minimum absolute atomic E-state index is 0.000142. The van der Waals surface area contributed by atoms with Gasteiger partial charge in [-0.05, 0) is 32.6 Å². The topological polar surface area (TPSA) is 93.2 Å². The van der Waals surface area contributed by atoms with Gasteiger partial charge in [0.25, 0.3) is 0 Å². The molecular weight excluding hydrogens is 236 g/mol. The Labute approximate surface area is 105 Å². The van der Waals surface area contributed by atoms with E-state index < -0.39 is 11.0 Å². The molecule has 1 aliphatic carbocycles. The number of aromatic nitrogens is 2. The number of aryl methyl sites for hydroxylation is 2. The number of hydrogen-bond acceptors (Lipinski definition) is 5. The molecule has 0 radical (unpaired) electrons. The number of nitro groups is 1. The number of rotatable bonds is 6. The predicted octanol–water partition coefficient (Wildman–Crippen LogP) is 1.30. The minimum Gasteiger partial charge on any atom is -0.391 e. The molecule has 0 bridgehead atoms. The lowest BCUT2D eigenvalue weighted by molar-refractivity contribution is -0.384. The summed E-state index contributed by atoms with van der Waals surface area (Å²) in [5, 5.41) is 27.9. The van der Waals surface area contributed by atoms with Crippen LogP contribution in [0.3, 0.4) is 0 Å². The molecule has 100 valence electrons. The lowest BCUT2D eigenvalue weighted by Gasteiger charge is -2.12. The lowest BCUT2D eigenvalue weighted by Crippen LogP contribution is -2.23. The SMILES string of the molecule is CCn1nc(C)c([N+](=O)[O-])c1NCC(O)C1CC1. The zero-order valence-electron chi connectivity index (χ0n) is 10.6. The Morgan fingerprint density at radius 3 is 2.83 bits per heavy atom. The Morgan fingerprint density at radius 2 is 2.33 bits per heavy atom.